The first-order valence-corrected chi connectivity index (χ1v) is 8.53. The Bertz CT molecular complexity index is 719. The van der Waals surface area contributed by atoms with Crippen molar-refractivity contribution in [2.75, 3.05) is 19.1 Å². The summed E-state index contributed by atoms with van der Waals surface area (Å²) in [5.41, 5.74) is 6.54. The van der Waals surface area contributed by atoms with Crippen LogP contribution in [0.25, 0.3) is 0 Å². The summed E-state index contributed by atoms with van der Waals surface area (Å²) >= 11 is 1.42. The number of aryl methyl sites for hydroxylation is 1. The van der Waals surface area contributed by atoms with Crippen molar-refractivity contribution in [3.05, 3.63) is 29.3 Å². The van der Waals surface area contributed by atoms with Gasteiger partial charge in [0.15, 0.2) is 22.7 Å². The smallest absolute Gasteiger partial charge is 0.260 e. The van der Waals surface area contributed by atoms with Crippen LogP contribution in [0.5, 0.6) is 17.2 Å². The SMILES string of the molecule is C[C@H](Oc1ccc2c(c1)OCO2)C(=O)NCCCc1csc(N)n1. The summed E-state index contributed by atoms with van der Waals surface area (Å²) < 4.78 is 16.2. The van der Waals surface area contributed by atoms with Gasteiger partial charge in [0.2, 0.25) is 6.79 Å². The second-order valence-corrected chi connectivity index (χ2v) is 6.24. The van der Waals surface area contributed by atoms with Crippen LogP contribution in [0.15, 0.2) is 23.6 Å². The van der Waals surface area contributed by atoms with Gasteiger partial charge in [-0.05, 0) is 31.9 Å². The molecule has 8 heteroatoms. The quantitative estimate of drug-likeness (QED) is 0.742. The van der Waals surface area contributed by atoms with Gasteiger partial charge in [-0.25, -0.2) is 4.98 Å². The Kier molecular flexibility index (Phi) is 5.05. The highest BCUT2D eigenvalue weighted by Gasteiger charge is 2.17. The molecule has 7 nitrogen and oxygen atoms in total. The second-order valence-electron chi connectivity index (χ2n) is 5.35. The Morgan fingerprint density at radius 2 is 2.29 bits per heavy atom. The van der Waals surface area contributed by atoms with Crippen molar-refractivity contribution in [2.45, 2.75) is 25.9 Å². The number of fused-ring (bicyclic) bond motifs is 1. The Labute approximate surface area is 143 Å². The minimum atomic E-state index is -0.597. The maximum atomic E-state index is 12.1. The third-order valence-corrected chi connectivity index (χ3v) is 4.23. The first-order valence-electron chi connectivity index (χ1n) is 7.66. The molecule has 2 heterocycles. The van der Waals surface area contributed by atoms with E-state index in [0.717, 1.165) is 18.5 Å². The molecule has 0 unspecified atom stereocenters. The van der Waals surface area contributed by atoms with Crippen LogP contribution in [0.3, 0.4) is 0 Å². The first-order chi connectivity index (χ1) is 11.6. The third kappa shape index (κ3) is 4.08. The van der Waals surface area contributed by atoms with E-state index >= 15 is 0 Å². The van der Waals surface area contributed by atoms with Gasteiger partial charge in [0.25, 0.3) is 5.91 Å². The zero-order valence-electron chi connectivity index (χ0n) is 13.3. The van der Waals surface area contributed by atoms with Crippen LogP contribution in [0.2, 0.25) is 0 Å². The lowest BCUT2D eigenvalue weighted by atomic mass is 10.2. The number of nitrogens with two attached hydrogens (primary N) is 1. The largest absolute Gasteiger partial charge is 0.481 e. The van der Waals surface area contributed by atoms with E-state index in [4.69, 9.17) is 19.9 Å². The molecule has 1 aliphatic rings. The highest BCUT2D eigenvalue weighted by Crippen LogP contribution is 2.35. The van der Waals surface area contributed by atoms with Crippen LogP contribution in [0.4, 0.5) is 5.13 Å². The summed E-state index contributed by atoms with van der Waals surface area (Å²) in [6, 6.07) is 5.24. The third-order valence-electron chi connectivity index (χ3n) is 3.50. The van der Waals surface area contributed by atoms with Gasteiger partial charge < -0.3 is 25.3 Å². The Morgan fingerprint density at radius 1 is 1.46 bits per heavy atom. The predicted molar refractivity (Wildman–Crippen MR) is 90.5 cm³/mol. The van der Waals surface area contributed by atoms with Crippen LogP contribution in [-0.2, 0) is 11.2 Å². The molecule has 3 N–H and O–H groups in total. The monoisotopic (exact) mass is 349 g/mol. The molecule has 1 aromatic heterocycles. The maximum Gasteiger partial charge on any atom is 0.260 e. The molecule has 0 bridgehead atoms. The van der Waals surface area contributed by atoms with Crippen LogP contribution >= 0.6 is 11.3 Å². The molecular weight excluding hydrogens is 330 g/mol. The number of hydrogen-bond acceptors (Lipinski definition) is 7. The molecule has 1 aromatic carbocycles. The van der Waals surface area contributed by atoms with Crippen molar-refractivity contribution in [1.29, 1.82) is 0 Å². The number of ether oxygens (including phenoxy) is 3. The number of thiazole rings is 1. The number of hydrogen-bond donors (Lipinski definition) is 2. The molecule has 3 rings (SSSR count). The molecule has 0 aliphatic carbocycles. The number of nitrogens with one attached hydrogen (secondary N) is 1. The van der Waals surface area contributed by atoms with Gasteiger partial charge in [0.05, 0.1) is 5.69 Å². The van der Waals surface area contributed by atoms with Crippen LogP contribution in [-0.4, -0.2) is 30.3 Å². The van der Waals surface area contributed by atoms with Crippen molar-refractivity contribution in [3.8, 4) is 17.2 Å². The molecule has 2 aromatic rings. The fraction of sp³-hybridized carbons (Fsp3) is 0.375. The Morgan fingerprint density at radius 3 is 3.08 bits per heavy atom. The van der Waals surface area contributed by atoms with Crippen molar-refractivity contribution in [2.24, 2.45) is 0 Å². The highest BCUT2D eigenvalue weighted by atomic mass is 32.1. The molecule has 0 fully saturated rings. The molecular formula is C16H19N3O4S. The summed E-state index contributed by atoms with van der Waals surface area (Å²) in [7, 11) is 0. The van der Waals surface area contributed by atoms with Crippen LogP contribution in [0.1, 0.15) is 19.0 Å². The number of carbonyl (C=O) groups is 1. The molecule has 24 heavy (non-hydrogen) atoms. The maximum absolute atomic E-state index is 12.1. The van der Waals surface area contributed by atoms with E-state index in [0.29, 0.717) is 28.9 Å². The molecule has 1 atom stereocenters. The van der Waals surface area contributed by atoms with E-state index < -0.39 is 6.10 Å². The summed E-state index contributed by atoms with van der Waals surface area (Å²) in [4.78, 5) is 16.3. The molecule has 128 valence electrons. The summed E-state index contributed by atoms with van der Waals surface area (Å²) in [6.07, 6.45) is 0.983. The van der Waals surface area contributed by atoms with Crippen molar-refractivity contribution >= 4 is 22.4 Å². The fourth-order valence-corrected chi connectivity index (χ4v) is 2.87. The number of nitrogen functional groups attached to an aromatic ring is 1. The zero-order valence-corrected chi connectivity index (χ0v) is 14.1. The van der Waals surface area contributed by atoms with Crippen molar-refractivity contribution < 1.29 is 19.0 Å². The molecule has 0 spiro atoms. The number of aromatic nitrogens is 1. The normalized spacial score (nSPS) is 13.5. The van der Waals surface area contributed by atoms with Crippen molar-refractivity contribution in [1.82, 2.24) is 10.3 Å². The first kappa shape index (κ1) is 16.4. The molecule has 1 amide bonds. The van der Waals surface area contributed by atoms with E-state index in [1.165, 1.54) is 11.3 Å². The number of rotatable bonds is 7. The van der Waals surface area contributed by atoms with Gasteiger partial charge in [-0.1, -0.05) is 0 Å². The van der Waals surface area contributed by atoms with E-state index in [1.807, 2.05) is 5.38 Å². The van der Waals surface area contributed by atoms with Gasteiger partial charge in [-0.3, -0.25) is 4.79 Å². The molecule has 0 saturated heterocycles. The predicted octanol–water partition coefficient (Wildman–Crippen LogP) is 1.97. The van der Waals surface area contributed by atoms with E-state index in [2.05, 4.69) is 10.3 Å². The summed E-state index contributed by atoms with van der Waals surface area (Å²) in [5.74, 6) is 1.72. The van der Waals surface area contributed by atoms with Gasteiger partial charge in [-0.2, -0.15) is 0 Å². The standard InChI is InChI=1S/C16H19N3O4S/c1-10(23-12-4-5-13-14(7-12)22-9-21-13)15(20)18-6-2-3-11-8-24-16(17)19-11/h4-5,7-8,10H,2-3,6,9H2,1H3,(H2,17,19)(H,18,20)/t10-/m0/s1. The number of carbonyl (C=O) groups excluding carboxylic acids is 1. The van der Waals surface area contributed by atoms with Gasteiger partial charge in [0.1, 0.15) is 5.75 Å². The lowest BCUT2D eigenvalue weighted by Gasteiger charge is -2.15. The lowest BCUT2D eigenvalue weighted by Crippen LogP contribution is -2.36. The molecule has 0 radical (unpaired) electrons. The topological polar surface area (TPSA) is 95.7 Å². The van der Waals surface area contributed by atoms with Crippen LogP contribution < -0.4 is 25.3 Å². The summed E-state index contributed by atoms with van der Waals surface area (Å²) in [6.45, 7) is 2.48. The molecule has 0 saturated carbocycles. The number of benzene rings is 1. The van der Waals surface area contributed by atoms with E-state index in [1.54, 1.807) is 25.1 Å². The minimum Gasteiger partial charge on any atom is -0.481 e. The van der Waals surface area contributed by atoms with Gasteiger partial charge in [-0.15, -0.1) is 11.3 Å². The number of nitrogens with zero attached hydrogens (tertiary/aromatic N) is 1. The number of amides is 1. The average molecular weight is 349 g/mol. The lowest BCUT2D eigenvalue weighted by molar-refractivity contribution is -0.127. The molecule has 1 aliphatic heterocycles. The van der Waals surface area contributed by atoms with Crippen molar-refractivity contribution in [3.63, 3.8) is 0 Å². The summed E-state index contributed by atoms with van der Waals surface area (Å²) in [5, 5.41) is 5.36. The fourth-order valence-electron chi connectivity index (χ4n) is 2.27. The average Bonchev–Trinajstić information content (AvgIpc) is 3.19. The van der Waals surface area contributed by atoms with Crippen LogP contribution in [0, 0.1) is 0 Å². The highest BCUT2D eigenvalue weighted by molar-refractivity contribution is 7.13. The van der Waals surface area contributed by atoms with E-state index in [-0.39, 0.29) is 12.7 Å². The minimum absolute atomic E-state index is 0.162. The zero-order chi connectivity index (χ0) is 16.9. The Hall–Kier alpha value is -2.48. The Balaban J connectivity index is 1.41. The number of anilines is 1. The second kappa shape index (κ2) is 7.39. The van der Waals surface area contributed by atoms with Gasteiger partial charge >= 0.3 is 0 Å². The van der Waals surface area contributed by atoms with E-state index in [9.17, 15) is 4.79 Å². The van der Waals surface area contributed by atoms with Gasteiger partial charge in [0, 0.05) is 18.0 Å².